The number of pyridine rings is 1. The van der Waals surface area contributed by atoms with Crippen LogP contribution in [0.3, 0.4) is 0 Å². The first-order valence-corrected chi connectivity index (χ1v) is 11.0. The van der Waals surface area contributed by atoms with Crippen LogP contribution < -0.4 is 5.32 Å². The SMILES string of the molecule is C=C(C)C(=O)N1CCC[C@H]1C(=O)NCCc1cc2c(-c3cnn4ncccc34)ccnc2[nH]1. The van der Waals surface area contributed by atoms with E-state index in [1.807, 2.05) is 24.4 Å². The van der Waals surface area contributed by atoms with E-state index in [1.165, 1.54) is 0 Å². The first-order valence-electron chi connectivity index (χ1n) is 11.0. The smallest absolute Gasteiger partial charge is 0.249 e. The Labute approximate surface area is 190 Å². The normalized spacial score (nSPS) is 15.9. The van der Waals surface area contributed by atoms with Gasteiger partial charge in [0.15, 0.2) is 0 Å². The third kappa shape index (κ3) is 3.86. The molecular formula is C24H25N7O2. The molecule has 0 bridgehead atoms. The molecule has 1 aliphatic rings. The van der Waals surface area contributed by atoms with E-state index in [-0.39, 0.29) is 11.8 Å². The molecule has 1 fully saturated rings. The third-order valence-electron chi connectivity index (χ3n) is 6.06. The summed E-state index contributed by atoms with van der Waals surface area (Å²) < 4.78 is 1.61. The summed E-state index contributed by atoms with van der Waals surface area (Å²) in [7, 11) is 0. The fraction of sp³-hybridized carbons (Fsp3) is 0.292. The zero-order valence-electron chi connectivity index (χ0n) is 18.4. The number of nitrogens with zero attached hydrogens (tertiary/aromatic N) is 5. The summed E-state index contributed by atoms with van der Waals surface area (Å²) in [6.07, 6.45) is 7.41. The van der Waals surface area contributed by atoms with Gasteiger partial charge in [-0.05, 0) is 49.6 Å². The molecule has 1 atom stereocenters. The van der Waals surface area contributed by atoms with Crippen molar-refractivity contribution in [3.8, 4) is 11.1 Å². The van der Waals surface area contributed by atoms with Crippen molar-refractivity contribution in [3.63, 3.8) is 0 Å². The van der Waals surface area contributed by atoms with Crippen molar-refractivity contribution >= 4 is 28.4 Å². The molecule has 0 aliphatic carbocycles. The lowest BCUT2D eigenvalue weighted by atomic mass is 10.1. The molecule has 1 saturated heterocycles. The number of hydrogen-bond donors (Lipinski definition) is 2. The number of carbonyl (C=O) groups excluding carboxylic acids is 2. The van der Waals surface area contributed by atoms with Crippen LogP contribution >= 0.6 is 0 Å². The van der Waals surface area contributed by atoms with Crippen LogP contribution in [0.1, 0.15) is 25.5 Å². The van der Waals surface area contributed by atoms with E-state index in [0.29, 0.717) is 31.5 Å². The minimum atomic E-state index is -0.422. The number of aromatic nitrogens is 5. The Kier molecular flexibility index (Phi) is 5.37. The number of nitrogens with one attached hydrogen (secondary N) is 2. The van der Waals surface area contributed by atoms with E-state index >= 15 is 0 Å². The van der Waals surface area contributed by atoms with Crippen molar-refractivity contribution in [3.05, 3.63) is 60.7 Å². The standard InChI is InChI=1S/C24H25N7O2/c1-15(2)24(33)30-12-4-6-21(30)23(32)26-10-7-16-13-18-17(8-11-25-22(18)29-16)19-14-28-31-20(19)5-3-9-27-31/h3,5,8-9,11,13-14,21H,1,4,6-7,10,12H2,2H3,(H,25,29)(H,26,32)/t21-/m0/s1. The number of carbonyl (C=O) groups is 2. The molecular weight excluding hydrogens is 418 g/mol. The lowest BCUT2D eigenvalue weighted by Gasteiger charge is -2.24. The van der Waals surface area contributed by atoms with Crippen molar-refractivity contribution < 1.29 is 9.59 Å². The Morgan fingerprint density at radius 3 is 2.97 bits per heavy atom. The van der Waals surface area contributed by atoms with Gasteiger partial charge in [-0.2, -0.15) is 14.8 Å². The van der Waals surface area contributed by atoms with E-state index in [2.05, 4.69) is 38.1 Å². The van der Waals surface area contributed by atoms with Crippen LogP contribution in [0.2, 0.25) is 0 Å². The molecule has 2 N–H and O–H groups in total. The Morgan fingerprint density at radius 2 is 2.12 bits per heavy atom. The quantitative estimate of drug-likeness (QED) is 0.445. The summed E-state index contributed by atoms with van der Waals surface area (Å²) in [6, 6.07) is 7.49. The molecule has 4 aromatic heterocycles. The molecule has 0 radical (unpaired) electrons. The van der Waals surface area contributed by atoms with Gasteiger partial charge in [0, 0.05) is 54.1 Å². The number of fused-ring (bicyclic) bond motifs is 2. The lowest BCUT2D eigenvalue weighted by Crippen LogP contribution is -2.46. The Morgan fingerprint density at radius 1 is 1.24 bits per heavy atom. The average Bonchev–Trinajstić information content (AvgIpc) is 3.55. The summed E-state index contributed by atoms with van der Waals surface area (Å²) >= 11 is 0. The second-order valence-electron chi connectivity index (χ2n) is 8.35. The van der Waals surface area contributed by atoms with E-state index in [0.717, 1.165) is 39.8 Å². The van der Waals surface area contributed by atoms with Gasteiger partial charge in [0.2, 0.25) is 11.8 Å². The second kappa shape index (κ2) is 8.50. The maximum absolute atomic E-state index is 12.7. The van der Waals surface area contributed by atoms with Crippen molar-refractivity contribution in [1.82, 2.24) is 35.0 Å². The van der Waals surface area contributed by atoms with E-state index in [9.17, 15) is 9.59 Å². The molecule has 0 saturated carbocycles. The molecule has 33 heavy (non-hydrogen) atoms. The molecule has 9 nitrogen and oxygen atoms in total. The van der Waals surface area contributed by atoms with Gasteiger partial charge in [0.05, 0.1) is 11.7 Å². The maximum Gasteiger partial charge on any atom is 0.249 e. The minimum absolute atomic E-state index is 0.115. The highest BCUT2D eigenvalue weighted by Gasteiger charge is 2.33. The van der Waals surface area contributed by atoms with Crippen LogP contribution in [0.5, 0.6) is 0 Å². The fourth-order valence-corrected chi connectivity index (χ4v) is 4.46. The summed E-state index contributed by atoms with van der Waals surface area (Å²) in [5, 5.41) is 12.6. The van der Waals surface area contributed by atoms with Gasteiger partial charge >= 0.3 is 0 Å². The van der Waals surface area contributed by atoms with Crippen LogP contribution in [0.4, 0.5) is 0 Å². The predicted octanol–water partition coefficient (Wildman–Crippen LogP) is 2.50. The number of aromatic amines is 1. The van der Waals surface area contributed by atoms with Crippen molar-refractivity contribution in [2.75, 3.05) is 13.1 Å². The molecule has 5 heterocycles. The van der Waals surface area contributed by atoms with Crippen molar-refractivity contribution in [1.29, 1.82) is 0 Å². The zero-order chi connectivity index (χ0) is 22.9. The van der Waals surface area contributed by atoms with Crippen molar-refractivity contribution in [2.24, 2.45) is 0 Å². The van der Waals surface area contributed by atoms with Crippen molar-refractivity contribution in [2.45, 2.75) is 32.2 Å². The third-order valence-corrected chi connectivity index (χ3v) is 6.06. The molecule has 168 valence electrons. The summed E-state index contributed by atoms with van der Waals surface area (Å²) in [5.41, 5.74) is 5.14. The molecule has 9 heteroatoms. The van der Waals surface area contributed by atoms with Crippen LogP contribution in [-0.2, 0) is 16.0 Å². The van der Waals surface area contributed by atoms with E-state index < -0.39 is 6.04 Å². The van der Waals surface area contributed by atoms with Crippen LogP contribution in [0, 0.1) is 0 Å². The van der Waals surface area contributed by atoms with Crippen LogP contribution in [0.15, 0.2) is 55.0 Å². The van der Waals surface area contributed by atoms with Gasteiger partial charge in [0.1, 0.15) is 11.7 Å². The number of likely N-dealkylation sites (tertiary alicyclic amines) is 1. The highest BCUT2D eigenvalue weighted by molar-refractivity contribution is 5.98. The fourth-order valence-electron chi connectivity index (χ4n) is 4.46. The molecule has 0 aromatic carbocycles. The first-order chi connectivity index (χ1) is 16.0. The summed E-state index contributed by atoms with van der Waals surface area (Å²) in [5.74, 6) is -0.263. The molecule has 2 amide bonds. The highest BCUT2D eigenvalue weighted by Crippen LogP contribution is 2.30. The molecule has 0 unspecified atom stereocenters. The molecule has 0 spiro atoms. The lowest BCUT2D eigenvalue weighted by molar-refractivity contribution is -0.135. The van der Waals surface area contributed by atoms with Gasteiger partial charge in [0.25, 0.3) is 0 Å². The Hall–Kier alpha value is -4.01. The van der Waals surface area contributed by atoms with Crippen LogP contribution in [-0.4, -0.2) is 60.6 Å². The van der Waals surface area contributed by atoms with Gasteiger partial charge in [-0.25, -0.2) is 4.98 Å². The summed E-state index contributed by atoms with van der Waals surface area (Å²) in [6.45, 7) is 6.46. The van der Waals surface area contributed by atoms with Gasteiger partial charge in [-0.3, -0.25) is 9.59 Å². The van der Waals surface area contributed by atoms with Gasteiger partial charge in [-0.15, -0.1) is 0 Å². The van der Waals surface area contributed by atoms with E-state index in [4.69, 9.17) is 0 Å². The first kappa shape index (κ1) is 20.9. The summed E-state index contributed by atoms with van der Waals surface area (Å²) in [4.78, 5) is 34.4. The Bertz CT molecular complexity index is 1370. The van der Waals surface area contributed by atoms with Crippen LogP contribution in [0.25, 0.3) is 27.7 Å². The number of rotatable bonds is 6. The maximum atomic E-state index is 12.7. The highest BCUT2D eigenvalue weighted by atomic mass is 16.2. The molecule has 1 aliphatic heterocycles. The monoisotopic (exact) mass is 443 g/mol. The predicted molar refractivity (Wildman–Crippen MR) is 124 cm³/mol. The minimum Gasteiger partial charge on any atom is -0.354 e. The number of H-pyrrole nitrogens is 1. The number of hydrogen-bond acceptors (Lipinski definition) is 5. The van der Waals surface area contributed by atoms with Gasteiger partial charge in [-0.1, -0.05) is 6.58 Å². The largest absolute Gasteiger partial charge is 0.354 e. The zero-order valence-corrected chi connectivity index (χ0v) is 18.4. The van der Waals surface area contributed by atoms with E-state index in [1.54, 1.807) is 28.8 Å². The van der Waals surface area contributed by atoms with Gasteiger partial charge < -0.3 is 15.2 Å². The molecule has 4 aromatic rings. The number of amides is 2. The topological polar surface area (TPSA) is 108 Å². The second-order valence-corrected chi connectivity index (χ2v) is 8.35. The Balaban J connectivity index is 1.30. The molecule has 5 rings (SSSR count). The average molecular weight is 444 g/mol.